The summed E-state index contributed by atoms with van der Waals surface area (Å²) in [4.78, 5) is 19.1. The lowest BCUT2D eigenvalue weighted by Gasteiger charge is -2.49. The van der Waals surface area contributed by atoms with Crippen LogP contribution in [0.25, 0.3) is 11.0 Å². The second-order valence-electron chi connectivity index (χ2n) is 7.96. The summed E-state index contributed by atoms with van der Waals surface area (Å²) in [5.74, 6) is 1.17. The topological polar surface area (TPSA) is 60.2 Å². The summed E-state index contributed by atoms with van der Waals surface area (Å²) in [6.45, 7) is 4.95. The fourth-order valence-electron chi connectivity index (χ4n) is 4.60. The van der Waals surface area contributed by atoms with Gasteiger partial charge in [-0.2, -0.15) is 0 Å². The molecule has 0 bridgehead atoms. The number of hydrogen-bond acceptors (Lipinski definition) is 5. The van der Waals surface area contributed by atoms with Crippen LogP contribution in [0.5, 0.6) is 0 Å². The van der Waals surface area contributed by atoms with Crippen molar-refractivity contribution in [1.29, 1.82) is 0 Å². The summed E-state index contributed by atoms with van der Waals surface area (Å²) in [6.07, 6.45) is 2.38. The Morgan fingerprint density at radius 3 is 2.85 bits per heavy atom. The van der Waals surface area contributed by atoms with Crippen molar-refractivity contribution in [2.45, 2.75) is 31.3 Å². The largest absolute Gasteiger partial charge is 0.460 e. The standard InChI is InChI=1S/C21H29N3O3/c1-22-10-11-23(15-18-14-17-4-2-3-5-19(17)27-18)16-21(22)7-6-20(26)24(9-8-21)12-13-25/h2-5,14,25H,6-13,15-16H2,1H3/t21-/m1/s1. The Bertz CT molecular complexity index is 772. The van der Waals surface area contributed by atoms with Gasteiger partial charge >= 0.3 is 0 Å². The van der Waals surface area contributed by atoms with Crippen LogP contribution in [0.1, 0.15) is 25.0 Å². The number of likely N-dealkylation sites (tertiary alicyclic amines) is 1. The number of carbonyl (C=O) groups excluding carboxylic acids is 1. The highest BCUT2D eigenvalue weighted by Gasteiger charge is 2.42. The summed E-state index contributed by atoms with van der Waals surface area (Å²) in [5, 5.41) is 10.4. The predicted molar refractivity (Wildman–Crippen MR) is 104 cm³/mol. The van der Waals surface area contributed by atoms with E-state index in [-0.39, 0.29) is 18.1 Å². The van der Waals surface area contributed by atoms with Crippen LogP contribution in [0.4, 0.5) is 0 Å². The predicted octanol–water partition coefficient (Wildman–Crippen LogP) is 1.92. The van der Waals surface area contributed by atoms with Crippen molar-refractivity contribution in [2.75, 3.05) is 46.4 Å². The highest BCUT2D eigenvalue weighted by molar-refractivity contribution is 5.77. The molecule has 27 heavy (non-hydrogen) atoms. The first-order chi connectivity index (χ1) is 13.1. The number of benzene rings is 1. The number of aliphatic hydroxyl groups excluding tert-OH is 1. The number of para-hydroxylation sites is 1. The Labute approximate surface area is 160 Å². The van der Waals surface area contributed by atoms with E-state index in [1.54, 1.807) is 0 Å². The first-order valence-electron chi connectivity index (χ1n) is 9.89. The molecule has 1 atom stereocenters. The van der Waals surface area contributed by atoms with Gasteiger partial charge in [-0.1, -0.05) is 18.2 Å². The summed E-state index contributed by atoms with van der Waals surface area (Å²) in [7, 11) is 2.19. The van der Waals surface area contributed by atoms with Gasteiger partial charge < -0.3 is 14.4 Å². The van der Waals surface area contributed by atoms with Crippen molar-refractivity contribution in [3.05, 3.63) is 36.1 Å². The Morgan fingerprint density at radius 1 is 1.19 bits per heavy atom. The van der Waals surface area contributed by atoms with E-state index in [0.717, 1.165) is 62.3 Å². The van der Waals surface area contributed by atoms with E-state index in [1.165, 1.54) is 0 Å². The number of furan rings is 1. The smallest absolute Gasteiger partial charge is 0.222 e. The molecule has 0 unspecified atom stereocenters. The lowest BCUT2D eigenvalue weighted by molar-refractivity contribution is -0.131. The first kappa shape index (κ1) is 18.5. The Hall–Kier alpha value is -1.89. The molecule has 2 aliphatic rings. The summed E-state index contributed by atoms with van der Waals surface area (Å²) < 4.78 is 6.02. The average molecular weight is 371 g/mol. The number of likely N-dealkylation sites (N-methyl/N-ethyl adjacent to an activating group) is 1. The fraction of sp³-hybridized carbons (Fsp3) is 0.571. The molecular weight excluding hydrogens is 342 g/mol. The van der Waals surface area contributed by atoms with Crippen LogP contribution in [-0.2, 0) is 11.3 Å². The van der Waals surface area contributed by atoms with Crippen LogP contribution in [0.3, 0.4) is 0 Å². The first-order valence-corrected chi connectivity index (χ1v) is 9.89. The minimum Gasteiger partial charge on any atom is -0.460 e. The third kappa shape index (κ3) is 3.74. The molecule has 0 aliphatic carbocycles. The number of amides is 1. The third-order valence-corrected chi connectivity index (χ3v) is 6.31. The minimum atomic E-state index is 0.0180. The van der Waals surface area contributed by atoms with Crippen LogP contribution in [0.15, 0.2) is 34.7 Å². The van der Waals surface area contributed by atoms with Gasteiger partial charge in [0.15, 0.2) is 0 Å². The van der Waals surface area contributed by atoms with Crippen LogP contribution < -0.4 is 0 Å². The van der Waals surface area contributed by atoms with Crippen LogP contribution in [0.2, 0.25) is 0 Å². The molecule has 1 spiro atoms. The van der Waals surface area contributed by atoms with E-state index >= 15 is 0 Å². The number of aliphatic hydroxyl groups is 1. The van der Waals surface area contributed by atoms with Crippen molar-refractivity contribution in [3.63, 3.8) is 0 Å². The van der Waals surface area contributed by atoms with E-state index in [1.807, 2.05) is 23.1 Å². The summed E-state index contributed by atoms with van der Waals surface area (Å²) in [5.41, 5.74) is 0.959. The number of nitrogens with zero attached hydrogens (tertiary/aromatic N) is 3. The quantitative estimate of drug-likeness (QED) is 0.890. The number of hydrogen-bond donors (Lipinski definition) is 1. The van der Waals surface area contributed by atoms with Gasteiger partial charge in [0, 0.05) is 50.1 Å². The van der Waals surface area contributed by atoms with Gasteiger partial charge in [-0.05, 0) is 32.0 Å². The van der Waals surface area contributed by atoms with Gasteiger partial charge in [0.2, 0.25) is 5.91 Å². The van der Waals surface area contributed by atoms with E-state index in [0.29, 0.717) is 13.0 Å². The lowest BCUT2D eigenvalue weighted by Crippen LogP contribution is -2.60. The molecule has 2 saturated heterocycles. The molecule has 1 N–H and O–H groups in total. The molecular formula is C21H29N3O3. The van der Waals surface area contributed by atoms with Gasteiger partial charge in [0.1, 0.15) is 11.3 Å². The Kier molecular flexibility index (Phi) is 5.21. The maximum atomic E-state index is 12.4. The molecule has 2 aliphatic heterocycles. The SMILES string of the molecule is CN1CCN(Cc2cc3ccccc3o2)C[C@]12CCC(=O)N(CCO)CC2. The summed E-state index contributed by atoms with van der Waals surface area (Å²) in [6, 6.07) is 10.3. The second-order valence-corrected chi connectivity index (χ2v) is 7.96. The van der Waals surface area contributed by atoms with E-state index in [4.69, 9.17) is 4.42 Å². The molecule has 6 heteroatoms. The monoisotopic (exact) mass is 371 g/mol. The average Bonchev–Trinajstić information content (AvgIpc) is 3.01. The number of fused-ring (bicyclic) bond motifs is 1. The van der Waals surface area contributed by atoms with Gasteiger partial charge in [-0.15, -0.1) is 0 Å². The van der Waals surface area contributed by atoms with Crippen LogP contribution in [-0.4, -0.2) is 77.6 Å². The van der Waals surface area contributed by atoms with E-state index in [2.05, 4.69) is 29.0 Å². The molecule has 2 aromatic rings. The van der Waals surface area contributed by atoms with Crippen molar-refractivity contribution in [3.8, 4) is 0 Å². The van der Waals surface area contributed by atoms with E-state index < -0.39 is 0 Å². The zero-order valence-corrected chi connectivity index (χ0v) is 16.1. The minimum absolute atomic E-state index is 0.0180. The normalized spacial score (nSPS) is 25.4. The van der Waals surface area contributed by atoms with Crippen molar-refractivity contribution in [1.82, 2.24) is 14.7 Å². The maximum Gasteiger partial charge on any atom is 0.222 e. The molecule has 1 amide bonds. The molecule has 0 saturated carbocycles. The molecule has 146 valence electrons. The Morgan fingerprint density at radius 2 is 2.04 bits per heavy atom. The molecule has 2 fully saturated rings. The third-order valence-electron chi connectivity index (χ3n) is 6.31. The lowest BCUT2D eigenvalue weighted by atomic mass is 9.86. The second kappa shape index (κ2) is 7.62. The highest BCUT2D eigenvalue weighted by atomic mass is 16.3. The zero-order valence-electron chi connectivity index (χ0n) is 16.1. The highest BCUT2D eigenvalue weighted by Crippen LogP contribution is 2.33. The number of rotatable bonds is 4. The number of β-amino-alcohol motifs (C(OH)–C–C–N with tert-alkyl or cyclic N) is 1. The van der Waals surface area contributed by atoms with Gasteiger partial charge in [0.05, 0.1) is 13.2 Å². The Balaban J connectivity index is 1.48. The van der Waals surface area contributed by atoms with E-state index in [9.17, 15) is 9.90 Å². The van der Waals surface area contributed by atoms with Crippen molar-refractivity contribution in [2.24, 2.45) is 0 Å². The molecule has 4 rings (SSSR count). The van der Waals surface area contributed by atoms with Crippen LogP contribution in [0, 0.1) is 0 Å². The molecule has 1 aromatic carbocycles. The van der Waals surface area contributed by atoms with Gasteiger partial charge in [-0.25, -0.2) is 0 Å². The zero-order chi connectivity index (χ0) is 18.9. The van der Waals surface area contributed by atoms with Crippen molar-refractivity contribution >= 4 is 16.9 Å². The fourth-order valence-corrected chi connectivity index (χ4v) is 4.60. The van der Waals surface area contributed by atoms with Crippen LogP contribution >= 0.6 is 0 Å². The molecule has 3 heterocycles. The number of carbonyl (C=O) groups is 1. The molecule has 1 aromatic heterocycles. The van der Waals surface area contributed by atoms with Gasteiger partial charge in [-0.3, -0.25) is 14.6 Å². The van der Waals surface area contributed by atoms with Gasteiger partial charge in [0.25, 0.3) is 0 Å². The maximum absolute atomic E-state index is 12.4. The van der Waals surface area contributed by atoms with Crippen molar-refractivity contribution < 1.29 is 14.3 Å². The molecule has 0 radical (unpaired) electrons. The number of piperazine rings is 1. The molecule has 6 nitrogen and oxygen atoms in total. The summed E-state index contributed by atoms with van der Waals surface area (Å²) >= 11 is 0.